The largest absolute Gasteiger partial charge is 0.469 e. The molecule has 4 rings (SSSR count). The van der Waals surface area contributed by atoms with Crippen molar-refractivity contribution < 1.29 is 18.4 Å². The Labute approximate surface area is 146 Å². The minimum absolute atomic E-state index is 0.0127. The predicted molar refractivity (Wildman–Crippen MR) is 90.2 cm³/mol. The van der Waals surface area contributed by atoms with E-state index < -0.39 is 0 Å². The maximum Gasteiger partial charge on any atom is 0.257 e. The monoisotopic (exact) mass is 342 g/mol. The van der Waals surface area contributed by atoms with Gasteiger partial charge in [0.15, 0.2) is 0 Å². The van der Waals surface area contributed by atoms with Crippen LogP contribution in [-0.2, 0) is 4.79 Å². The van der Waals surface area contributed by atoms with E-state index in [2.05, 4.69) is 0 Å². The van der Waals surface area contributed by atoms with Crippen molar-refractivity contribution in [3.8, 4) is 0 Å². The normalized spacial score (nSPS) is 23.0. The Bertz CT molecular complexity index is 784. The second-order valence-electron chi connectivity index (χ2n) is 6.91. The van der Waals surface area contributed by atoms with Gasteiger partial charge in [0.25, 0.3) is 5.91 Å². The van der Waals surface area contributed by atoms with E-state index in [1.165, 1.54) is 0 Å². The van der Waals surface area contributed by atoms with Gasteiger partial charge in [-0.25, -0.2) is 0 Å². The van der Waals surface area contributed by atoms with Gasteiger partial charge in [-0.3, -0.25) is 9.59 Å². The summed E-state index contributed by atoms with van der Waals surface area (Å²) in [7, 11) is 0. The van der Waals surface area contributed by atoms with E-state index in [1.807, 2.05) is 30.9 Å². The number of carbonyl (C=O) groups is 2. The molecule has 6 nitrogen and oxygen atoms in total. The van der Waals surface area contributed by atoms with Gasteiger partial charge >= 0.3 is 0 Å². The Kier molecular flexibility index (Phi) is 3.90. The van der Waals surface area contributed by atoms with Crippen LogP contribution in [0.1, 0.15) is 40.0 Å². The van der Waals surface area contributed by atoms with Gasteiger partial charge < -0.3 is 18.6 Å². The molecule has 132 valence electrons. The van der Waals surface area contributed by atoms with E-state index in [1.54, 1.807) is 17.2 Å². The summed E-state index contributed by atoms with van der Waals surface area (Å²) in [6.07, 6.45) is 2.51. The first kappa shape index (κ1) is 16.0. The molecule has 6 heteroatoms. The lowest BCUT2D eigenvalue weighted by molar-refractivity contribution is -0.134. The zero-order valence-corrected chi connectivity index (χ0v) is 14.5. The fourth-order valence-corrected chi connectivity index (χ4v) is 3.66. The second kappa shape index (κ2) is 6.10. The number of furan rings is 2. The zero-order chi connectivity index (χ0) is 17.6. The SMILES string of the molecule is Cc1cc(C(=O)N2CCN(C(=O)C3CC3c3ccco3)CC2)c(C)o1. The van der Waals surface area contributed by atoms with Crippen LogP contribution in [-0.4, -0.2) is 47.8 Å². The molecule has 2 aliphatic rings. The molecule has 3 heterocycles. The summed E-state index contributed by atoms with van der Waals surface area (Å²) in [6.45, 7) is 5.94. The lowest BCUT2D eigenvalue weighted by Gasteiger charge is -2.35. The van der Waals surface area contributed by atoms with Gasteiger partial charge in [0.05, 0.1) is 11.8 Å². The van der Waals surface area contributed by atoms with Crippen LogP contribution in [0, 0.1) is 19.8 Å². The second-order valence-corrected chi connectivity index (χ2v) is 6.91. The molecule has 0 aromatic carbocycles. The highest BCUT2D eigenvalue weighted by Gasteiger charge is 2.47. The van der Waals surface area contributed by atoms with Gasteiger partial charge in [-0.15, -0.1) is 0 Å². The Balaban J connectivity index is 1.33. The zero-order valence-electron chi connectivity index (χ0n) is 14.5. The Hall–Kier alpha value is -2.50. The molecule has 2 amide bonds. The molecule has 25 heavy (non-hydrogen) atoms. The summed E-state index contributed by atoms with van der Waals surface area (Å²) >= 11 is 0. The summed E-state index contributed by atoms with van der Waals surface area (Å²) < 4.78 is 10.9. The van der Waals surface area contributed by atoms with E-state index in [0.29, 0.717) is 37.5 Å². The maximum absolute atomic E-state index is 12.6. The number of piperazine rings is 1. The van der Waals surface area contributed by atoms with Crippen molar-refractivity contribution in [3.05, 3.63) is 47.3 Å². The molecule has 0 bridgehead atoms. The molecule has 1 aliphatic heterocycles. The summed E-state index contributed by atoms with van der Waals surface area (Å²) in [5.74, 6) is 2.72. The number of rotatable bonds is 3. The van der Waals surface area contributed by atoms with Crippen LogP contribution in [0.25, 0.3) is 0 Å². The Morgan fingerprint density at radius 2 is 1.84 bits per heavy atom. The van der Waals surface area contributed by atoms with Gasteiger partial charge in [0.1, 0.15) is 17.3 Å². The molecule has 1 saturated heterocycles. The Morgan fingerprint density at radius 1 is 1.12 bits per heavy atom. The third-order valence-electron chi connectivity index (χ3n) is 5.17. The van der Waals surface area contributed by atoms with Crippen molar-refractivity contribution in [2.75, 3.05) is 26.2 Å². The van der Waals surface area contributed by atoms with Crippen LogP contribution >= 0.6 is 0 Å². The minimum Gasteiger partial charge on any atom is -0.469 e. The minimum atomic E-state index is -0.0127. The molecule has 2 fully saturated rings. The standard InChI is InChI=1S/C19H22N2O4/c1-12-10-14(13(2)25-12)18(22)20-5-7-21(8-6-20)19(23)16-11-15(16)17-4-3-9-24-17/h3-4,9-10,15-16H,5-8,11H2,1-2H3. The third-order valence-corrected chi connectivity index (χ3v) is 5.17. The van der Waals surface area contributed by atoms with Gasteiger partial charge in [-0.2, -0.15) is 0 Å². The molecule has 1 saturated carbocycles. The van der Waals surface area contributed by atoms with E-state index in [-0.39, 0.29) is 23.7 Å². The maximum atomic E-state index is 12.6. The van der Waals surface area contributed by atoms with Crippen LogP contribution in [0.5, 0.6) is 0 Å². The number of hydrogen-bond donors (Lipinski definition) is 0. The van der Waals surface area contributed by atoms with E-state index >= 15 is 0 Å². The number of nitrogens with zero attached hydrogens (tertiary/aromatic N) is 2. The van der Waals surface area contributed by atoms with Gasteiger partial charge in [-0.1, -0.05) is 0 Å². The molecule has 2 atom stereocenters. The van der Waals surface area contributed by atoms with E-state index in [4.69, 9.17) is 8.83 Å². The summed E-state index contributed by atoms with van der Waals surface area (Å²) in [5, 5.41) is 0. The first-order chi connectivity index (χ1) is 12.0. The molecule has 2 aromatic rings. The van der Waals surface area contributed by atoms with E-state index in [0.717, 1.165) is 17.9 Å². The number of hydrogen-bond acceptors (Lipinski definition) is 4. The number of amides is 2. The number of carbonyl (C=O) groups excluding carboxylic acids is 2. The predicted octanol–water partition coefficient (Wildman–Crippen LogP) is 2.58. The average Bonchev–Trinajstić information content (AvgIpc) is 3.06. The van der Waals surface area contributed by atoms with Crippen molar-refractivity contribution >= 4 is 11.8 Å². The van der Waals surface area contributed by atoms with Crippen molar-refractivity contribution in [2.45, 2.75) is 26.2 Å². The fourth-order valence-electron chi connectivity index (χ4n) is 3.66. The Morgan fingerprint density at radius 3 is 2.44 bits per heavy atom. The van der Waals surface area contributed by atoms with Crippen molar-refractivity contribution in [1.82, 2.24) is 9.80 Å². The summed E-state index contributed by atoms with van der Waals surface area (Å²) in [5.41, 5.74) is 0.623. The molecule has 0 N–H and O–H groups in total. The summed E-state index contributed by atoms with van der Waals surface area (Å²) in [4.78, 5) is 28.9. The third kappa shape index (κ3) is 2.97. The lowest BCUT2D eigenvalue weighted by atomic mass is 10.2. The average molecular weight is 342 g/mol. The van der Waals surface area contributed by atoms with Crippen LogP contribution < -0.4 is 0 Å². The molecule has 2 aromatic heterocycles. The van der Waals surface area contributed by atoms with Crippen LogP contribution in [0.2, 0.25) is 0 Å². The molecule has 0 radical (unpaired) electrons. The summed E-state index contributed by atoms with van der Waals surface area (Å²) in [6, 6.07) is 5.58. The van der Waals surface area contributed by atoms with Crippen molar-refractivity contribution in [1.29, 1.82) is 0 Å². The fraction of sp³-hybridized carbons (Fsp3) is 0.474. The van der Waals surface area contributed by atoms with Gasteiger partial charge in [0.2, 0.25) is 5.91 Å². The quantitative estimate of drug-likeness (QED) is 0.860. The smallest absolute Gasteiger partial charge is 0.257 e. The van der Waals surface area contributed by atoms with Crippen molar-refractivity contribution in [2.24, 2.45) is 5.92 Å². The first-order valence-corrected chi connectivity index (χ1v) is 8.73. The van der Waals surface area contributed by atoms with Gasteiger partial charge in [-0.05, 0) is 38.5 Å². The van der Waals surface area contributed by atoms with Gasteiger partial charge in [0, 0.05) is 38.0 Å². The number of aryl methyl sites for hydroxylation is 2. The van der Waals surface area contributed by atoms with Crippen LogP contribution in [0.15, 0.2) is 33.3 Å². The molecule has 2 unspecified atom stereocenters. The topological polar surface area (TPSA) is 66.9 Å². The molecule has 1 aliphatic carbocycles. The first-order valence-electron chi connectivity index (χ1n) is 8.73. The highest BCUT2D eigenvalue weighted by atomic mass is 16.3. The van der Waals surface area contributed by atoms with Crippen molar-refractivity contribution in [3.63, 3.8) is 0 Å². The van der Waals surface area contributed by atoms with Crippen LogP contribution in [0.4, 0.5) is 0 Å². The molecular formula is C19H22N2O4. The van der Waals surface area contributed by atoms with E-state index in [9.17, 15) is 9.59 Å². The lowest BCUT2D eigenvalue weighted by Crippen LogP contribution is -2.51. The highest BCUT2D eigenvalue weighted by Crippen LogP contribution is 2.48. The molecule has 0 spiro atoms. The highest BCUT2D eigenvalue weighted by molar-refractivity contribution is 5.95. The van der Waals surface area contributed by atoms with Crippen LogP contribution in [0.3, 0.4) is 0 Å². The molecular weight excluding hydrogens is 320 g/mol.